The Morgan fingerprint density at radius 2 is 1.78 bits per heavy atom. The third-order valence-electron chi connectivity index (χ3n) is 4.36. The van der Waals surface area contributed by atoms with Crippen LogP contribution < -0.4 is 5.32 Å². The molecule has 1 aromatic rings. The lowest BCUT2D eigenvalue weighted by atomic mass is 9.91. The molecular weight excluding hydrogens is 306 g/mol. The Labute approximate surface area is 141 Å². The van der Waals surface area contributed by atoms with Crippen molar-refractivity contribution in [2.75, 3.05) is 18.8 Å². The predicted molar refractivity (Wildman–Crippen MR) is 96.4 cm³/mol. The molecule has 3 nitrogen and oxygen atoms in total. The molecule has 2 rings (SSSR count). The molecule has 0 amide bonds. The Hall–Kier alpha value is -1.13. The van der Waals surface area contributed by atoms with Gasteiger partial charge in [0, 0.05) is 0 Å². The fourth-order valence-corrected chi connectivity index (χ4v) is 4.04. The first-order chi connectivity index (χ1) is 11.0. The van der Waals surface area contributed by atoms with E-state index in [-0.39, 0.29) is 5.75 Å². The van der Waals surface area contributed by atoms with E-state index in [9.17, 15) is 8.42 Å². The molecule has 4 heteroatoms. The van der Waals surface area contributed by atoms with E-state index < -0.39 is 9.84 Å². The van der Waals surface area contributed by atoms with Crippen LogP contribution in [0.3, 0.4) is 0 Å². The Kier molecular flexibility index (Phi) is 6.85. The minimum Gasteiger partial charge on any atom is -0.317 e. The Bertz CT molecular complexity index is 597. The number of sulfone groups is 1. The van der Waals surface area contributed by atoms with Crippen LogP contribution in [0.15, 0.2) is 41.3 Å². The zero-order valence-corrected chi connectivity index (χ0v) is 15.1. The van der Waals surface area contributed by atoms with Gasteiger partial charge in [0.1, 0.15) is 0 Å². The molecule has 1 fully saturated rings. The van der Waals surface area contributed by atoms with Gasteiger partial charge < -0.3 is 5.32 Å². The fourth-order valence-electron chi connectivity index (χ4n) is 2.91. The minimum atomic E-state index is -3.20. The van der Waals surface area contributed by atoms with Crippen LogP contribution >= 0.6 is 0 Å². The van der Waals surface area contributed by atoms with Crippen LogP contribution in [-0.2, 0) is 16.3 Å². The molecule has 1 saturated heterocycles. The first-order valence-corrected chi connectivity index (χ1v) is 10.3. The lowest BCUT2D eigenvalue weighted by Gasteiger charge is -2.22. The molecule has 0 bridgehead atoms. The highest BCUT2D eigenvalue weighted by Gasteiger charge is 2.15. The van der Waals surface area contributed by atoms with Crippen molar-refractivity contribution in [3.8, 4) is 0 Å². The zero-order chi connectivity index (χ0) is 16.7. The highest BCUT2D eigenvalue weighted by molar-refractivity contribution is 7.91. The third kappa shape index (κ3) is 6.11. The van der Waals surface area contributed by atoms with E-state index in [1.807, 2.05) is 18.2 Å². The summed E-state index contributed by atoms with van der Waals surface area (Å²) in [6, 6.07) is 7.49. The first kappa shape index (κ1) is 18.2. The van der Waals surface area contributed by atoms with Crippen molar-refractivity contribution >= 4 is 9.84 Å². The van der Waals surface area contributed by atoms with Gasteiger partial charge in [-0.15, -0.1) is 0 Å². The van der Waals surface area contributed by atoms with Crippen LogP contribution in [0.2, 0.25) is 0 Å². The molecule has 1 aromatic carbocycles. The lowest BCUT2D eigenvalue weighted by Crippen LogP contribution is -2.28. The van der Waals surface area contributed by atoms with Crippen molar-refractivity contribution in [2.24, 2.45) is 11.8 Å². The van der Waals surface area contributed by atoms with Crippen LogP contribution in [0.5, 0.6) is 0 Å². The molecule has 1 aliphatic rings. The Morgan fingerprint density at radius 3 is 2.39 bits per heavy atom. The number of nitrogens with one attached hydrogen (secondary N) is 1. The van der Waals surface area contributed by atoms with Crippen LogP contribution in [0.1, 0.15) is 38.7 Å². The number of hydrogen-bond acceptors (Lipinski definition) is 3. The summed E-state index contributed by atoms with van der Waals surface area (Å²) < 4.78 is 24.6. The van der Waals surface area contributed by atoms with E-state index >= 15 is 0 Å². The van der Waals surface area contributed by atoms with Gasteiger partial charge in [-0.2, -0.15) is 0 Å². The summed E-state index contributed by atoms with van der Waals surface area (Å²) in [4.78, 5) is 0.431. The van der Waals surface area contributed by atoms with Crippen molar-refractivity contribution in [3.05, 3.63) is 42.0 Å². The summed E-state index contributed by atoms with van der Waals surface area (Å²) in [6.45, 7) is 6.44. The van der Waals surface area contributed by atoms with Crippen molar-refractivity contribution in [1.82, 2.24) is 5.32 Å². The second-order valence-corrected chi connectivity index (χ2v) is 8.96. The van der Waals surface area contributed by atoms with Gasteiger partial charge in [-0.3, -0.25) is 0 Å². The second kappa shape index (κ2) is 8.65. The van der Waals surface area contributed by atoms with E-state index in [4.69, 9.17) is 0 Å². The normalized spacial score (nSPS) is 17.2. The first-order valence-electron chi connectivity index (χ1n) is 8.65. The maximum absolute atomic E-state index is 12.3. The topological polar surface area (TPSA) is 46.2 Å². The van der Waals surface area contributed by atoms with E-state index in [0.717, 1.165) is 31.8 Å². The number of benzene rings is 1. The molecule has 23 heavy (non-hydrogen) atoms. The molecule has 0 radical (unpaired) electrons. The van der Waals surface area contributed by atoms with Gasteiger partial charge in [0.2, 0.25) is 0 Å². The van der Waals surface area contributed by atoms with Gasteiger partial charge in [0.15, 0.2) is 9.84 Å². The standard InChI is InChI=1S/C19H29NO2S/c1-16(2)5-3-4-14-23(21,22)19-8-6-17(7-9-19)15-18-10-12-20-13-11-18/h3-4,6-9,16,18,20H,5,10-15H2,1-2H3. The minimum absolute atomic E-state index is 0.0906. The van der Waals surface area contributed by atoms with E-state index in [2.05, 4.69) is 19.2 Å². The molecular formula is C19H29NO2S. The number of hydrogen-bond donors (Lipinski definition) is 1. The third-order valence-corrected chi connectivity index (χ3v) is 5.98. The average Bonchev–Trinajstić information content (AvgIpc) is 2.53. The van der Waals surface area contributed by atoms with E-state index in [1.54, 1.807) is 18.2 Å². The van der Waals surface area contributed by atoms with Crippen LogP contribution in [0.4, 0.5) is 0 Å². The molecule has 1 N–H and O–H groups in total. The molecule has 1 heterocycles. The smallest absolute Gasteiger partial charge is 0.181 e. The molecule has 128 valence electrons. The van der Waals surface area contributed by atoms with Crippen molar-refractivity contribution in [3.63, 3.8) is 0 Å². The average molecular weight is 336 g/mol. The summed E-state index contributed by atoms with van der Waals surface area (Å²) in [6.07, 6.45) is 8.13. The van der Waals surface area contributed by atoms with E-state index in [1.165, 1.54) is 18.4 Å². The van der Waals surface area contributed by atoms with Crippen molar-refractivity contribution in [2.45, 2.75) is 44.4 Å². The number of rotatable bonds is 7. The summed E-state index contributed by atoms with van der Waals surface area (Å²) in [5.41, 5.74) is 1.24. The number of piperidine rings is 1. The molecule has 0 aliphatic carbocycles. The molecule has 0 atom stereocenters. The quantitative estimate of drug-likeness (QED) is 0.774. The summed E-state index contributed by atoms with van der Waals surface area (Å²) in [5, 5.41) is 3.37. The van der Waals surface area contributed by atoms with Gasteiger partial charge in [0.05, 0.1) is 10.6 Å². The van der Waals surface area contributed by atoms with Gasteiger partial charge in [-0.25, -0.2) is 8.42 Å². The summed E-state index contributed by atoms with van der Waals surface area (Å²) in [5.74, 6) is 1.37. The fraction of sp³-hybridized carbons (Fsp3) is 0.579. The Morgan fingerprint density at radius 1 is 1.13 bits per heavy atom. The largest absolute Gasteiger partial charge is 0.317 e. The van der Waals surface area contributed by atoms with Crippen LogP contribution in [-0.4, -0.2) is 27.3 Å². The van der Waals surface area contributed by atoms with E-state index in [0.29, 0.717) is 10.8 Å². The van der Waals surface area contributed by atoms with Gasteiger partial charge >= 0.3 is 0 Å². The van der Waals surface area contributed by atoms with Crippen molar-refractivity contribution < 1.29 is 8.42 Å². The molecule has 0 saturated carbocycles. The van der Waals surface area contributed by atoms with Crippen LogP contribution in [0.25, 0.3) is 0 Å². The summed E-state index contributed by atoms with van der Waals surface area (Å²) >= 11 is 0. The molecule has 1 aliphatic heterocycles. The zero-order valence-electron chi connectivity index (χ0n) is 14.3. The highest BCUT2D eigenvalue weighted by atomic mass is 32.2. The monoisotopic (exact) mass is 335 g/mol. The second-order valence-electron chi connectivity index (χ2n) is 6.92. The van der Waals surface area contributed by atoms with Gasteiger partial charge in [-0.1, -0.05) is 38.1 Å². The van der Waals surface area contributed by atoms with Gasteiger partial charge in [0.25, 0.3) is 0 Å². The molecule has 0 aromatic heterocycles. The highest BCUT2D eigenvalue weighted by Crippen LogP contribution is 2.20. The predicted octanol–water partition coefficient (Wildman–Crippen LogP) is 3.60. The molecule has 0 spiro atoms. The maximum atomic E-state index is 12.3. The Balaban J connectivity index is 1.93. The lowest BCUT2D eigenvalue weighted by molar-refractivity contribution is 0.372. The summed E-state index contributed by atoms with van der Waals surface area (Å²) in [7, 11) is -3.20. The molecule has 0 unspecified atom stereocenters. The van der Waals surface area contributed by atoms with Crippen LogP contribution in [0, 0.1) is 11.8 Å². The maximum Gasteiger partial charge on any atom is 0.181 e. The SMILES string of the molecule is CC(C)CC=CCS(=O)(=O)c1ccc(CC2CCNCC2)cc1. The number of allylic oxidation sites excluding steroid dienone is 1. The van der Waals surface area contributed by atoms with Crippen molar-refractivity contribution in [1.29, 1.82) is 0 Å². The van der Waals surface area contributed by atoms with Gasteiger partial charge in [-0.05, 0) is 68.3 Å².